The monoisotopic (exact) mass is 911 g/mol. The maximum atomic E-state index is 13.4. The minimum Gasteiger partial charge on any atom is -0.493 e. The van der Waals surface area contributed by atoms with Gasteiger partial charge in [-0.1, -0.05) is 0 Å². The summed E-state index contributed by atoms with van der Waals surface area (Å²) < 4.78 is 17.6. The lowest BCUT2D eigenvalue weighted by molar-refractivity contribution is -0.116. The summed E-state index contributed by atoms with van der Waals surface area (Å²) in [7, 11) is 8.08. The van der Waals surface area contributed by atoms with E-state index in [0.29, 0.717) is 57.7 Å². The molecule has 0 aliphatic carbocycles. The van der Waals surface area contributed by atoms with E-state index in [-0.39, 0.29) is 85.1 Å². The highest BCUT2D eigenvalue weighted by Gasteiger charge is 2.32. The highest BCUT2D eigenvalue weighted by atomic mass is 35.5. The van der Waals surface area contributed by atoms with Crippen molar-refractivity contribution in [2.75, 3.05) is 48.1 Å². The average Bonchev–Trinajstić information content (AvgIpc) is 4.07. The lowest BCUT2D eigenvalue weighted by Gasteiger charge is -2.20. The van der Waals surface area contributed by atoms with E-state index < -0.39 is 17.7 Å². The van der Waals surface area contributed by atoms with Gasteiger partial charge in [-0.15, -0.1) is 12.4 Å². The lowest BCUT2D eigenvalue weighted by Crippen LogP contribution is -2.35. The molecule has 0 bridgehead atoms. The number of hydrogen-bond acceptors (Lipinski definition) is 10. The number of carbonyl (C=O) groups is 6. The maximum absolute atomic E-state index is 13.4. The number of nitrogens with one attached hydrogen (secondary N) is 6. The number of amides is 6. The second-order valence-electron chi connectivity index (χ2n) is 15.4. The molecule has 65 heavy (non-hydrogen) atoms. The first-order chi connectivity index (χ1) is 30.6. The van der Waals surface area contributed by atoms with Gasteiger partial charge in [0.15, 0.2) is 11.5 Å². The predicted molar refractivity (Wildman–Crippen MR) is 246 cm³/mol. The van der Waals surface area contributed by atoms with Crippen molar-refractivity contribution in [3.8, 4) is 11.5 Å². The molecule has 4 aromatic heterocycles. The van der Waals surface area contributed by atoms with Crippen molar-refractivity contribution in [3.05, 3.63) is 89.5 Å². The number of aryl methyl sites for hydroxylation is 4. The normalized spacial score (nSPS) is 13.8. The van der Waals surface area contributed by atoms with Gasteiger partial charge in [-0.2, -0.15) is 0 Å². The number of nitrogens with two attached hydrogens (primary N) is 1. The van der Waals surface area contributed by atoms with Gasteiger partial charge in [0, 0.05) is 84.8 Å². The second-order valence-corrected chi connectivity index (χ2v) is 15.4. The first-order valence-corrected chi connectivity index (χ1v) is 20.3. The van der Waals surface area contributed by atoms with Gasteiger partial charge in [-0.3, -0.25) is 39.2 Å². The second kappa shape index (κ2) is 19.7. The van der Waals surface area contributed by atoms with E-state index >= 15 is 0 Å². The fraction of sp³-hybridized carbons (Fsp3) is 0.302. The summed E-state index contributed by atoms with van der Waals surface area (Å²) in [6.07, 6.45) is 10.1. The number of methoxy groups -OCH3 is 1. The molecule has 0 saturated carbocycles. The van der Waals surface area contributed by atoms with Gasteiger partial charge in [0.1, 0.15) is 22.8 Å². The number of carbonyl (C=O) groups excluding carboxylic acids is 6. The van der Waals surface area contributed by atoms with Crippen molar-refractivity contribution in [1.29, 1.82) is 5.41 Å². The largest absolute Gasteiger partial charge is 0.493 e. The molecule has 8 N–H and O–H groups in total. The van der Waals surface area contributed by atoms with E-state index in [1.54, 1.807) is 89.6 Å². The minimum absolute atomic E-state index is 0. The van der Waals surface area contributed by atoms with Gasteiger partial charge in [0.25, 0.3) is 29.5 Å². The number of benzene rings is 1. The van der Waals surface area contributed by atoms with Crippen LogP contribution in [0.25, 0.3) is 0 Å². The molecule has 1 aromatic carbocycles. The summed E-state index contributed by atoms with van der Waals surface area (Å²) in [6.45, 7) is 0.875. The molecule has 1 fully saturated rings. The van der Waals surface area contributed by atoms with Crippen LogP contribution in [0.4, 0.5) is 28.4 Å². The molecule has 5 aromatic rings. The molecule has 6 heterocycles. The Bertz CT molecular complexity index is 2730. The van der Waals surface area contributed by atoms with Crippen LogP contribution in [0.3, 0.4) is 0 Å². The van der Waals surface area contributed by atoms with Crippen molar-refractivity contribution in [1.82, 2.24) is 28.5 Å². The molecular weight excluding hydrogens is 862 g/mol. The first-order valence-electron chi connectivity index (χ1n) is 20.3. The highest BCUT2D eigenvalue weighted by Crippen LogP contribution is 2.38. The average molecular weight is 912 g/mol. The van der Waals surface area contributed by atoms with Gasteiger partial charge in [-0.05, 0) is 43.2 Å². The fourth-order valence-electron chi connectivity index (χ4n) is 7.52. The number of aromatic nitrogens is 4. The van der Waals surface area contributed by atoms with E-state index in [0.717, 1.165) is 12.8 Å². The number of hydrogen-bond donors (Lipinski definition) is 7. The molecule has 342 valence electrons. The fourth-order valence-corrected chi connectivity index (χ4v) is 7.52. The Kier molecular flexibility index (Phi) is 14.2. The third-order valence-corrected chi connectivity index (χ3v) is 10.7. The molecule has 21 nitrogen and oxygen atoms in total. The predicted octanol–water partition coefficient (Wildman–Crippen LogP) is 4.01. The Labute approximate surface area is 379 Å². The smallest absolute Gasteiger partial charge is 0.272 e. The summed E-state index contributed by atoms with van der Waals surface area (Å²) >= 11 is 0. The number of fused-ring (bicyclic) bond motifs is 2. The number of ether oxygens (including phenoxy) is 2. The molecule has 0 radical (unpaired) electrons. The van der Waals surface area contributed by atoms with Crippen LogP contribution in [0.2, 0.25) is 0 Å². The Morgan fingerprint density at radius 1 is 0.723 bits per heavy atom. The Balaban J connectivity index is 0.00000700. The van der Waals surface area contributed by atoms with Crippen LogP contribution in [-0.4, -0.2) is 104 Å². The van der Waals surface area contributed by atoms with E-state index in [4.69, 9.17) is 20.6 Å². The van der Waals surface area contributed by atoms with Crippen molar-refractivity contribution in [2.24, 2.45) is 38.9 Å². The Morgan fingerprint density at radius 2 is 1.22 bits per heavy atom. The third-order valence-electron chi connectivity index (χ3n) is 10.7. The molecular formula is C43H50ClN13O8. The SMILES string of the molecule is COc1cc2c(cc1OCCC(=O)Nc1cc(C(=O)Nc3cc(C(=O)Nc4cc(C(=O)Nc5cc(C(=O)NCCC(=N)N)n(C)c5)n(C)c4)n(C)c3)n(C)c1)N=C[C@@H]1CCCN1C2=O.Cl. The number of halogens is 1. The zero-order chi connectivity index (χ0) is 45.8. The van der Waals surface area contributed by atoms with E-state index in [9.17, 15) is 28.8 Å². The molecule has 1 atom stereocenters. The lowest BCUT2D eigenvalue weighted by atomic mass is 10.1. The van der Waals surface area contributed by atoms with Crippen LogP contribution in [0.5, 0.6) is 11.5 Å². The molecule has 6 amide bonds. The van der Waals surface area contributed by atoms with Gasteiger partial charge < -0.3 is 65.0 Å². The van der Waals surface area contributed by atoms with Crippen molar-refractivity contribution in [3.63, 3.8) is 0 Å². The molecule has 7 rings (SSSR count). The summed E-state index contributed by atoms with van der Waals surface area (Å²) in [5.74, 6) is -1.66. The van der Waals surface area contributed by atoms with Crippen molar-refractivity contribution >= 4 is 88.3 Å². The number of aliphatic imine (C=N–C) groups is 1. The summed E-state index contributed by atoms with van der Waals surface area (Å²) in [5.41, 5.74) is 8.69. The molecule has 22 heteroatoms. The summed E-state index contributed by atoms with van der Waals surface area (Å²) in [4.78, 5) is 84.9. The maximum Gasteiger partial charge on any atom is 0.272 e. The number of nitrogens with zero attached hydrogens (tertiary/aromatic N) is 6. The third kappa shape index (κ3) is 10.5. The summed E-state index contributed by atoms with van der Waals surface area (Å²) in [6, 6.07) is 9.28. The first kappa shape index (κ1) is 46.7. The Morgan fingerprint density at radius 3 is 1.71 bits per heavy atom. The molecule has 0 spiro atoms. The van der Waals surface area contributed by atoms with E-state index in [1.807, 2.05) is 4.90 Å². The van der Waals surface area contributed by atoms with Crippen LogP contribution >= 0.6 is 12.4 Å². The molecule has 2 aliphatic rings. The summed E-state index contributed by atoms with van der Waals surface area (Å²) in [5, 5.41) is 21.1. The van der Waals surface area contributed by atoms with Crippen LogP contribution in [0, 0.1) is 5.41 Å². The Hall–Kier alpha value is -7.81. The number of amidine groups is 1. The van der Waals surface area contributed by atoms with Gasteiger partial charge >= 0.3 is 0 Å². The van der Waals surface area contributed by atoms with E-state index in [1.165, 1.54) is 31.4 Å². The molecule has 0 unspecified atom stereocenters. The standard InChI is InChI=1S/C43H49N13O8.ClH/c1-52-21-25(14-31(52)39(58)46-10-8-37(44)45)49-41(60)33-16-27(23-54(33)3)51-42(61)34-15-26(22-55(34)4)50-40(59)32-13-24(20-53(32)2)48-38(57)9-12-64-36-18-30-29(17-35(36)63-5)43(62)56-11-6-7-28(56)19-47-30;/h13-23,28H,6-12H2,1-5H3,(H3,44,45)(H,46,58)(H,48,57)(H,49,60)(H,50,59)(H,51,61);1H/t28-;/m0./s1. The molecule has 1 saturated heterocycles. The van der Waals surface area contributed by atoms with E-state index in [2.05, 4.69) is 31.6 Å². The van der Waals surface area contributed by atoms with Crippen LogP contribution in [-0.2, 0) is 33.0 Å². The van der Waals surface area contributed by atoms with Crippen LogP contribution < -0.4 is 41.8 Å². The van der Waals surface area contributed by atoms with Crippen molar-refractivity contribution < 1.29 is 38.2 Å². The van der Waals surface area contributed by atoms with Gasteiger partial charge in [0.05, 0.1) is 66.0 Å². The zero-order valence-electron chi connectivity index (χ0n) is 36.3. The van der Waals surface area contributed by atoms with Crippen molar-refractivity contribution in [2.45, 2.75) is 31.7 Å². The van der Waals surface area contributed by atoms with Gasteiger partial charge in [0.2, 0.25) is 5.91 Å². The zero-order valence-corrected chi connectivity index (χ0v) is 37.1. The molecule has 2 aliphatic heterocycles. The van der Waals surface area contributed by atoms with Gasteiger partial charge in [-0.25, -0.2) is 0 Å². The minimum atomic E-state index is -0.499. The highest BCUT2D eigenvalue weighted by molar-refractivity contribution is 6.09. The van der Waals surface area contributed by atoms with Crippen LogP contribution in [0.15, 0.2) is 66.2 Å². The quantitative estimate of drug-likeness (QED) is 0.0556. The van der Waals surface area contributed by atoms with Crippen LogP contribution in [0.1, 0.15) is 78.0 Å². The number of rotatable bonds is 16. The number of anilines is 4. The topological polar surface area (TPSA) is 266 Å².